The van der Waals surface area contributed by atoms with Gasteiger partial charge in [0.1, 0.15) is 6.61 Å². The van der Waals surface area contributed by atoms with Crippen molar-refractivity contribution >= 4 is 12.0 Å². The van der Waals surface area contributed by atoms with Crippen molar-refractivity contribution in [3.63, 3.8) is 0 Å². The number of aliphatic hydroxyl groups is 1. The number of amides is 2. The van der Waals surface area contributed by atoms with E-state index in [0.29, 0.717) is 13.1 Å². The Kier molecular flexibility index (Phi) is 6.33. The fourth-order valence-corrected chi connectivity index (χ4v) is 4.38. The summed E-state index contributed by atoms with van der Waals surface area (Å²) in [6.07, 6.45) is 2.72. The lowest BCUT2D eigenvalue weighted by atomic mass is 9.85. The van der Waals surface area contributed by atoms with Crippen molar-refractivity contribution in [3.05, 3.63) is 70.8 Å². The van der Waals surface area contributed by atoms with Gasteiger partial charge in [-0.3, -0.25) is 4.79 Å². The molecule has 4 rings (SSSR count). The van der Waals surface area contributed by atoms with Crippen molar-refractivity contribution in [2.24, 2.45) is 5.92 Å². The molecule has 2 amide bonds. The first-order valence-corrected chi connectivity index (χ1v) is 10.6. The maximum Gasteiger partial charge on any atom is 0.407 e. The highest BCUT2D eigenvalue weighted by Crippen LogP contribution is 2.30. The zero-order valence-electron chi connectivity index (χ0n) is 17.0. The van der Waals surface area contributed by atoms with E-state index in [1.807, 2.05) is 53.4 Å². The van der Waals surface area contributed by atoms with Crippen molar-refractivity contribution < 1.29 is 19.4 Å². The Balaban J connectivity index is 1.21. The lowest BCUT2D eigenvalue weighted by Crippen LogP contribution is -2.41. The summed E-state index contributed by atoms with van der Waals surface area (Å²) < 4.78 is 5.30. The molecule has 0 spiro atoms. The molecule has 158 valence electrons. The van der Waals surface area contributed by atoms with Gasteiger partial charge in [-0.1, -0.05) is 48.5 Å². The number of alkyl carbamates (subject to hydrolysis) is 1. The number of aliphatic hydroxyl groups excluding tert-OH is 1. The number of hydrogen-bond acceptors (Lipinski definition) is 4. The van der Waals surface area contributed by atoms with E-state index in [9.17, 15) is 14.7 Å². The van der Waals surface area contributed by atoms with Crippen molar-refractivity contribution in [3.8, 4) is 0 Å². The maximum absolute atomic E-state index is 13.0. The minimum absolute atomic E-state index is 0.00927. The van der Waals surface area contributed by atoms with Crippen LogP contribution in [0.2, 0.25) is 0 Å². The number of carbonyl (C=O) groups excluding carboxylic acids is 2. The molecule has 30 heavy (non-hydrogen) atoms. The number of rotatable bonds is 5. The van der Waals surface area contributed by atoms with Gasteiger partial charge in [-0.2, -0.15) is 0 Å². The van der Waals surface area contributed by atoms with Gasteiger partial charge < -0.3 is 20.1 Å². The predicted octanol–water partition coefficient (Wildman–Crippen LogP) is 3.51. The van der Waals surface area contributed by atoms with Crippen LogP contribution in [0.5, 0.6) is 0 Å². The first-order valence-electron chi connectivity index (χ1n) is 10.6. The quantitative estimate of drug-likeness (QED) is 0.794. The van der Waals surface area contributed by atoms with Crippen LogP contribution in [0.4, 0.5) is 4.79 Å². The minimum Gasteiger partial charge on any atom is -0.445 e. The second-order valence-electron chi connectivity index (χ2n) is 8.21. The molecule has 0 bridgehead atoms. The van der Waals surface area contributed by atoms with Crippen molar-refractivity contribution in [2.45, 2.75) is 58.0 Å². The Morgan fingerprint density at radius 1 is 0.967 bits per heavy atom. The number of nitrogens with one attached hydrogen (secondary N) is 1. The van der Waals surface area contributed by atoms with E-state index in [1.165, 1.54) is 0 Å². The Labute approximate surface area is 176 Å². The third-order valence-corrected chi connectivity index (χ3v) is 6.10. The van der Waals surface area contributed by atoms with Gasteiger partial charge in [0.25, 0.3) is 0 Å². The molecular formula is C24H28N2O4. The van der Waals surface area contributed by atoms with Gasteiger partial charge in [0, 0.05) is 25.0 Å². The molecule has 2 aromatic carbocycles. The molecule has 2 aromatic rings. The molecule has 1 saturated carbocycles. The first kappa shape index (κ1) is 20.4. The molecule has 2 aliphatic rings. The maximum atomic E-state index is 13.0. The summed E-state index contributed by atoms with van der Waals surface area (Å²) in [5, 5.41) is 12.2. The van der Waals surface area contributed by atoms with E-state index in [4.69, 9.17) is 4.74 Å². The van der Waals surface area contributed by atoms with Gasteiger partial charge in [-0.15, -0.1) is 0 Å². The van der Waals surface area contributed by atoms with Crippen LogP contribution in [0.3, 0.4) is 0 Å². The lowest BCUT2D eigenvalue weighted by Gasteiger charge is -2.30. The fourth-order valence-electron chi connectivity index (χ4n) is 4.38. The van der Waals surface area contributed by atoms with Crippen molar-refractivity contribution in [1.29, 1.82) is 0 Å². The van der Waals surface area contributed by atoms with E-state index >= 15 is 0 Å². The fraction of sp³-hybridized carbons (Fsp3) is 0.417. The van der Waals surface area contributed by atoms with Crippen LogP contribution in [0.25, 0.3) is 0 Å². The average molecular weight is 408 g/mol. The molecule has 1 aliphatic heterocycles. The van der Waals surface area contributed by atoms with Gasteiger partial charge in [0.05, 0.1) is 6.61 Å². The summed E-state index contributed by atoms with van der Waals surface area (Å²) in [7, 11) is 0. The highest BCUT2D eigenvalue weighted by atomic mass is 16.5. The van der Waals surface area contributed by atoms with Gasteiger partial charge in [-0.05, 0) is 47.9 Å². The van der Waals surface area contributed by atoms with Crippen LogP contribution in [-0.4, -0.2) is 28.0 Å². The van der Waals surface area contributed by atoms with E-state index in [-0.39, 0.29) is 31.1 Å². The second-order valence-corrected chi connectivity index (χ2v) is 8.21. The van der Waals surface area contributed by atoms with E-state index in [0.717, 1.165) is 47.9 Å². The number of ether oxygens (including phenoxy) is 1. The molecule has 1 aliphatic carbocycles. The molecule has 6 heteroatoms. The molecule has 0 saturated heterocycles. The first-order chi connectivity index (χ1) is 14.6. The highest BCUT2D eigenvalue weighted by Gasteiger charge is 2.32. The zero-order valence-corrected chi connectivity index (χ0v) is 17.0. The standard InChI is InChI=1S/C24H28N2O4/c27-15-18-6-7-20-13-26(14-21(20)12-18)23(28)19-8-10-22(11-9-19)25-24(29)30-16-17-4-2-1-3-5-17/h1-7,12,19,22,27H,8-11,13-16H2,(H,25,29). The Morgan fingerprint density at radius 2 is 1.70 bits per heavy atom. The number of fused-ring (bicyclic) bond motifs is 1. The molecule has 1 heterocycles. The average Bonchev–Trinajstić information content (AvgIpc) is 3.22. The van der Waals surface area contributed by atoms with Crippen LogP contribution in [0.1, 0.15) is 47.9 Å². The van der Waals surface area contributed by atoms with E-state index in [2.05, 4.69) is 5.32 Å². The topological polar surface area (TPSA) is 78.9 Å². The zero-order chi connectivity index (χ0) is 20.9. The van der Waals surface area contributed by atoms with Gasteiger partial charge in [-0.25, -0.2) is 4.79 Å². The molecule has 0 aromatic heterocycles. The van der Waals surface area contributed by atoms with Crippen LogP contribution in [0, 0.1) is 5.92 Å². The Morgan fingerprint density at radius 3 is 2.43 bits per heavy atom. The molecule has 6 nitrogen and oxygen atoms in total. The molecule has 1 fully saturated rings. The summed E-state index contributed by atoms with van der Waals surface area (Å²) in [6, 6.07) is 15.6. The normalized spacial score (nSPS) is 20.5. The molecule has 0 unspecified atom stereocenters. The van der Waals surface area contributed by atoms with Crippen molar-refractivity contribution in [1.82, 2.24) is 10.2 Å². The Bertz CT molecular complexity index is 891. The monoisotopic (exact) mass is 408 g/mol. The Hall–Kier alpha value is -2.86. The lowest BCUT2D eigenvalue weighted by molar-refractivity contribution is -0.137. The number of benzene rings is 2. The molecular weight excluding hydrogens is 380 g/mol. The molecule has 2 N–H and O–H groups in total. The summed E-state index contributed by atoms with van der Waals surface area (Å²) in [6.45, 7) is 1.54. The van der Waals surface area contributed by atoms with Gasteiger partial charge in [0.15, 0.2) is 0 Å². The van der Waals surface area contributed by atoms with Crippen molar-refractivity contribution in [2.75, 3.05) is 0 Å². The summed E-state index contributed by atoms with van der Waals surface area (Å²) >= 11 is 0. The van der Waals surface area contributed by atoms with Gasteiger partial charge in [0.2, 0.25) is 5.91 Å². The van der Waals surface area contributed by atoms with Crippen LogP contribution in [-0.2, 0) is 35.8 Å². The predicted molar refractivity (Wildman–Crippen MR) is 112 cm³/mol. The SMILES string of the molecule is O=C(NC1CCC(C(=O)N2Cc3ccc(CO)cc3C2)CC1)OCc1ccccc1. The van der Waals surface area contributed by atoms with Crippen LogP contribution < -0.4 is 5.32 Å². The number of hydrogen-bond donors (Lipinski definition) is 2. The summed E-state index contributed by atoms with van der Waals surface area (Å²) in [5.41, 5.74) is 4.14. The minimum atomic E-state index is -0.400. The van der Waals surface area contributed by atoms with E-state index < -0.39 is 6.09 Å². The molecule has 0 radical (unpaired) electrons. The molecule has 0 atom stereocenters. The second kappa shape index (κ2) is 9.30. The summed E-state index contributed by atoms with van der Waals surface area (Å²) in [4.78, 5) is 27.0. The smallest absolute Gasteiger partial charge is 0.407 e. The van der Waals surface area contributed by atoms with Crippen LogP contribution >= 0.6 is 0 Å². The number of nitrogens with zero attached hydrogens (tertiary/aromatic N) is 1. The van der Waals surface area contributed by atoms with E-state index in [1.54, 1.807) is 0 Å². The highest BCUT2D eigenvalue weighted by molar-refractivity contribution is 5.79. The van der Waals surface area contributed by atoms with Crippen LogP contribution in [0.15, 0.2) is 48.5 Å². The third kappa shape index (κ3) is 4.82. The van der Waals surface area contributed by atoms with Gasteiger partial charge >= 0.3 is 6.09 Å². The summed E-state index contributed by atoms with van der Waals surface area (Å²) in [5.74, 6) is 0.205. The third-order valence-electron chi connectivity index (χ3n) is 6.10. The largest absolute Gasteiger partial charge is 0.445 e. The number of carbonyl (C=O) groups is 2.